The summed E-state index contributed by atoms with van der Waals surface area (Å²) in [6, 6.07) is 12.2. The van der Waals surface area contributed by atoms with Crippen LogP contribution in [0.15, 0.2) is 61.2 Å². The summed E-state index contributed by atoms with van der Waals surface area (Å²) in [5.41, 5.74) is 3.97. The summed E-state index contributed by atoms with van der Waals surface area (Å²) in [7, 11) is 0. The number of pyridine rings is 1. The Labute approximate surface area is 134 Å². The zero-order valence-electron chi connectivity index (χ0n) is 10.9. The van der Waals surface area contributed by atoms with Gasteiger partial charge in [-0.25, -0.2) is 9.67 Å². The molecule has 0 radical (unpaired) electrons. The lowest BCUT2D eigenvalue weighted by atomic mass is 10.1. The molecule has 4 aromatic rings. The summed E-state index contributed by atoms with van der Waals surface area (Å²) in [5.74, 6) is 0. The third-order valence-electron chi connectivity index (χ3n) is 3.27. The lowest BCUT2D eigenvalue weighted by Crippen LogP contribution is -1.94. The number of benzene rings is 1. The second kappa shape index (κ2) is 4.96. The van der Waals surface area contributed by atoms with Crippen LogP contribution in [0.3, 0.4) is 0 Å². The average Bonchev–Trinajstić information content (AvgIpc) is 3.16. The van der Waals surface area contributed by atoms with Crippen LogP contribution in [0.25, 0.3) is 22.6 Å². The summed E-state index contributed by atoms with van der Waals surface area (Å²) < 4.78 is 4.96. The molecule has 0 aliphatic carbocycles. The van der Waals surface area contributed by atoms with E-state index in [9.17, 15) is 0 Å². The molecule has 0 atom stereocenters. The molecule has 0 bridgehead atoms. The van der Waals surface area contributed by atoms with Crippen molar-refractivity contribution in [3.8, 4) is 16.9 Å². The Kier molecular flexibility index (Phi) is 2.95. The zero-order chi connectivity index (χ0) is 14.2. The third kappa shape index (κ3) is 2.31. The molecule has 0 spiro atoms. The molecule has 0 fully saturated rings. The largest absolute Gasteiger partial charge is 0.305 e. The molecule has 0 aliphatic rings. The minimum absolute atomic E-state index is 0.950. The number of halogens is 1. The van der Waals surface area contributed by atoms with Crippen molar-refractivity contribution in [2.75, 3.05) is 0 Å². The van der Waals surface area contributed by atoms with Crippen molar-refractivity contribution in [1.82, 2.24) is 24.4 Å². The number of hydrogen-bond donors (Lipinski definition) is 0. The maximum atomic E-state index is 4.64. The molecule has 0 saturated carbocycles. The Morgan fingerprint density at radius 2 is 1.81 bits per heavy atom. The van der Waals surface area contributed by atoms with Gasteiger partial charge in [0, 0.05) is 21.5 Å². The van der Waals surface area contributed by atoms with Gasteiger partial charge in [-0.15, -0.1) is 5.10 Å². The SMILES string of the molecule is Ic1ccc2nc(-c3ccc(-n4ccnn4)cc3)cn2c1. The third-order valence-corrected chi connectivity index (χ3v) is 3.90. The average molecular weight is 387 g/mol. The van der Waals surface area contributed by atoms with E-state index in [1.165, 1.54) is 3.57 Å². The predicted molar refractivity (Wildman–Crippen MR) is 88.3 cm³/mol. The predicted octanol–water partition coefficient (Wildman–Crippen LogP) is 3.19. The molecule has 1 aromatic carbocycles. The second-order valence-corrected chi connectivity index (χ2v) is 5.88. The molecule has 0 unspecified atom stereocenters. The number of hydrogen-bond acceptors (Lipinski definition) is 3. The van der Waals surface area contributed by atoms with Crippen molar-refractivity contribution in [2.45, 2.75) is 0 Å². The van der Waals surface area contributed by atoms with Crippen LogP contribution in [-0.4, -0.2) is 24.4 Å². The lowest BCUT2D eigenvalue weighted by molar-refractivity contribution is 0.803. The molecule has 3 aromatic heterocycles. The number of nitrogens with zero attached hydrogens (tertiary/aromatic N) is 5. The molecule has 0 amide bonds. The topological polar surface area (TPSA) is 48.0 Å². The zero-order valence-corrected chi connectivity index (χ0v) is 13.0. The highest BCUT2D eigenvalue weighted by Gasteiger charge is 2.05. The molecule has 21 heavy (non-hydrogen) atoms. The van der Waals surface area contributed by atoms with E-state index in [1.54, 1.807) is 10.9 Å². The van der Waals surface area contributed by atoms with Crippen LogP contribution < -0.4 is 0 Å². The fourth-order valence-corrected chi connectivity index (χ4v) is 2.71. The van der Waals surface area contributed by atoms with Crippen LogP contribution in [0.2, 0.25) is 0 Å². The standard InChI is InChI=1S/C15H10IN5/c16-12-3-6-15-18-14(10-20(15)9-12)11-1-4-13(5-2-11)21-8-7-17-19-21/h1-10H. The number of aromatic nitrogens is 5. The molecular weight excluding hydrogens is 377 g/mol. The highest BCUT2D eigenvalue weighted by atomic mass is 127. The van der Waals surface area contributed by atoms with Gasteiger partial charge in [-0.1, -0.05) is 17.3 Å². The van der Waals surface area contributed by atoms with Crippen LogP contribution >= 0.6 is 22.6 Å². The van der Waals surface area contributed by atoms with Crippen molar-refractivity contribution >= 4 is 28.2 Å². The number of rotatable bonds is 2. The van der Waals surface area contributed by atoms with E-state index < -0.39 is 0 Å². The van der Waals surface area contributed by atoms with Crippen molar-refractivity contribution in [1.29, 1.82) is 0 Å². The monoisotopic (exact) mass is 387 g/mol. The summed E-state index contributed by atoms with van der Waals surface area (Å²) in [6.07, 6.45) is 7.59. The highest BCUT2D eigenvalue weighted by molar-refractivity contribution is 14.1. The van der Waals surface area contributed by atoms with Crippen LogP contribution in [0, 0.1) is 3.57 Å². The van der Waals surface area contributed by atoms with Gasteiger partial charge in [-0.05, 0) is 46.9 Å². The maximum absolute atomic E-state index is 4.64. The highest BCUT2D eigenvalue weighted by Crippen LogP contribution is 2.21. The fourth-order valence-electron chi connectivity index (χ4n) is 2.23. The summed E-state index contributed by atoms with van der Waals surface area (Å²) >= 11 is 2.30. The second-order valence-electron chi connectivity index (χ2n) is 4.63. The molecule has 0 aliphatic heterocycles. The van der Waals surface area contributed by atoms with Gasteiger partial charge in [0.05, 0.1) is 23.8 Å². The van der Waals surface area contributed by atoms with E-state index in [4.69, 9.17) is 0 Å². The molecule has 6 heteroatoms. The van der Waals surface area contributed by atoms with E-state index >= 15 is 0 Å². The van der Waals surface area contributed by atoms with E-state index in [1.807, 2.05) is 47.1 Å². The maximum Gasteiger partial charge on any atom is 0.137 e. The van der Waals surface area contributed by atoms with Crippen molar-refractivity contribution < 1.29 is 0 Å². The van der Waals surface area contributed by atoms with Crippen LogP contribution in [-0.2, 0) is 0 Å². The van der Waals surface area contributed by atoms with Crippen molar-refractivity contribution in [3.05, 3.63) is 64.8 Å². The molecular formula is C15H10IN5. The molecule has 3 heterocycles. The summed E-state index contributed by atoms with van der Waals surface area (Å²) in [5, 5.41) is 7.79. The van der Waals surface area contributed by atoms with Gasteiger partial charge >= 0.3 is 0 Å². The quantitative estimate of drug-likeness (QED) is 0.497. The summed E-state index contributed by atoms with van der Waals surface area (Å²) in [6.45, 7) is 0. The van der Waals surface area contributed by atoms with Gasteiger partial charge in [-0.2, -0.15) is 0 Å². The molecule has 0 saturated heterocycles. The Morgan fingerprint density at radius 3 is 2.57 bits per heavy atom. The van der Waals surface area contributed by atoms with E-state index in [0.29, 0.717) is 0 Å². The van der Waals surface area contributed by atoms with Gasteiger partial charge in [0.2, 0.25) is 0 Å². The summed E-state index contributed by atoms with van der Waals surface area (Å²) in [4.78, 5) is 4.64. The smallest absolute Gasteiger partial charge is 0.137 e. The van der Waals surface area contributed by atoms with Gasteiger partial charge in [-0.3, -0.25) is 0 Å². The van der Waals surface area contributed by atoms with E-state index in [2.05, 4.69) is 50.2 Å². The van der Waals surface area contributed by atoms with Crippen LogP contribution in [0.4, 0.5) is 0 Å². The first kappa shape index (κ1) is 12.5. The van der Waals surface area contributed by atoms with Crippen molar-refractivity contribution in [3.63, 3.8) is 0 Å². The first-order valence-electron chi connectivity index (χ1n) is 6.41. The molecule has 5 nitrogen and oxygen atoms in total. The molecule has 4 rings (SSSR count). The van der Waals surface area contributed by atoms with Gasteiger partial charge in [0.25, 0.3) is 0 Å². The van der Waals surface area contributed by atoms with Crippen LogP contribution in [0.5, 0.6) is 0 Å². The van der Waals surface area contributed by atoms with Gasteiger partial charge < -0.3 is 4.40 Å². The van der Waals surface area contributed by atoms with Crippen molar-refractivity contribution in [2.24, 2.45) is 0 Å². The number of fused-ring (bicyclic) bond motifs is 1. The minimum atomic E-state index is 0.950. The van der Waals surface area contributed by atoms with E-state index in [0.717, 1.165) is 22.6 Å². The van der Waals surface area contributed by atoms with Crippen LogP contribution in [0.1, 0.15) is 0 Å². The first-order chi connectivity index (χ1) is 10.3. The van der Waals surface area contributed by atoms with Gasteiger partial charge in [0.1, 0.15) is 5.65 Å². The Bertz CT molecular complexity index is 894. The van der Waals surface area contributed by atoms with E-state index in [-0.39, 0.29) is 0 Å². The first-order valence-corrected chi connectivity index (χ1v) is 7.49. The lowest BCUT2D eigenvalue weighted by Gasteiger charge is -2.01. The minimum Gasteiger partial charge on any atom is -0.305 e. The normalized spacial score (nSPS) is 11.1. The Balaban J connectivity index is 1.74. The Hall–Kier alpha value is -2.22. The Morgan fingerprint density at radius 1 is 0.952 bits per heavy atom. The number of imidazole rings is 1. The molecule has 102 valence electrons. The van der Waals surface area contributed by atoms with Gasteiger partial charge in [0.15, 0.2) is 0 Å². The fraction of sp³-hybridized carbons (Fsp3) is 0. The molecule has 0 N–H and O–H groups in total.